The van der Waals surface area contributed by atoms with Gasteiger partial charge in [-0.1, -0.05) is 48.5 Å². The summed E-state index contributed by atoms with van der Waals surface area (Å²) in [4.78, 5) is 2.42. The second-order valence-corrected chi connectivity index (χ2v) is 7.65. The summed E-state index contributed by atoms with van der Waals surface area (Å²) in [5.74, 6) is 1.74. The van der Waals surface area contributed by atoms with Gasteiger partial charge in [-0.3, -0.25) is 4.90 Å². The first-order chi connectivity index (χ1) is 12.1. The minimum absolute atomic E-state index is 0.150. The molecule has 0 N–H and O–H groups in total. The third-order valence-corrected chi connectivity index (χ3v) is 6.23. The van der Waals surface area contributed by atoms with Crippen molar-refractivity contribution in [2.24, 2.45) is 0 Å². The molecule has 2 nitrogen and oxygen atoms in total. The van der Waals surface area contributed by atoms with Crippen LogP contribution in [0.1, 0.15) is 48.5 Å². The molecule has 3 aromatic rings. The van der Waals surface area contributed by atoms with E-state index in [4.69, 9.17) is 4.42 Å². The van der Waals surface area contributed by atoms with Gasteiger partial charge in [-0.25, -0.2) is 0 Å². The zero-order chi connectivity index (χ0) is 17.4. The maximum Gasteiger partial charge on any atom is 0.134 e. The van der Waals surface area contributed by atoms with Crippen molar-refractivity contribution < 1.29 is 4.42 Å². The van der Waals surface area contributed by atoms with Crippen molar-refractivity contribution >= 4 is 11.0 Å². The van der Waals surface area contributed by atoms with Crippen LogP contribution in [0.5, 0.6) is 0 Å². The van der Waals surface area contributed by atoms with Gasteiger partial charge >= 0.3 is 0 Å². The lowest BCUT2D eigenvalue weighted by Crippen LogP contribution is -2.44. The smallest absolute Gasteiger partial charge is 0.134 e. The number of para-hydroxylation sites is 1. The number of hydrogen-bond donors (Lipinski definition) is 0. The molecule has 0 spiro atoms. The number of fused-ring (bicyclic) bond motifs is 1. The highest BCUT2D eigenvalue weighted by atomic mass is 16.3. The maximum absolute atomic E-state index is 6.26. The normalized spacial score (nSPS) is 24.1. The minimum atomic E-state index is 0.150. The Morgan fingerprint density at radius 2 is 1.56 bits per heavy atom. The molecule has 1 aromatic heterocycles. The van der Waals surface area contributed by atoms with E-state index < -0.39 is 0 Å². The fourth-order valence-corrected chi connectivity index (χ4v) is 4.68. The number of aryl methyl sites for hydroxylation is 1. The van der Waals surface area contributed by atoms with E-state index in [9.17, 15) is 0 Å². The molecular weight excluding hydrogens is 306 g/mol. The molecule has 2 aromatic carbocycles. The van der Waals surface area contributed by atoms with E-state index in [0.717, 1.165) is 5.58 Å². The molecule has 1 aliphatic rings. The van der Waals surface area contributed by atoms with Crippen LogP contribution in [0.25, 0.3) is 11.0 Å². The summed E-state index contributed by atoms with van der Waals surface area (Å²) >= 11 is 0. The molecule has 0 amide bonds. The molecule has 1 heterocycles. The average molecular weight is 333 g/mol. The van der Waals surface area contributed by atoms with Gasteiger partial charge in [-0.2, -0.15) is 0 Å². The lowest BCUT2D eigenvalue weighted by Gasteiger charge is -2.45. The fourth-order valence-electron chi connectivity index (χ4n) is 4.68. The Labute approximate surface area is 150 Å². The average Bonchev–Trinajstić information content (AvgIpc) is 2.99. The van der Waals surface area contributed by atoms with Gasteiger partial charge in [0.2, 0.25) is 0 Å². The maximum atomic E-state index is 6.26. The number of furan rings is 1. The number of rotatable bonds is 3. The van der Waals surface area contributed by atoms with Gasteiger partial charge in [-0.15, -0.1) is 0 Å². The number of nitrogens with zero attached hydrogens (tertiary/aromatic N) is 1. The van der Waals surface area contributed by atoms with Crippen molar-refractivity contribution in [2.45, 2.75) is 44.1 Å². The van der Waals surface area contributed by atoms with E-state index >= 15 is 0 Å². The van der Waals surface area contributed by atoms with Crippen molar-refractivity contribution in [3.8, 4) is 0 Å². The molecule has 1 aliphatic carbocycles. The van der Waals surface area contributed by atoms with E-state index in [1.165, 1.54) is 48.0 Å². The van der Waals surface area contributed by atoms with Crippen LogP contribution in [0.4, 0.5) is 0 Å². The van der Waals surface area contributed by atoms with Gasteiger partial charge in [0.1, 0.15) is 11.3 Å². The third kappa shape index (κ3) is 2.69. The summed E-state index contributed by atoms with van der Waals surface area (Å²) < 4.78 is 6.26. The topological polar surface area (TPSA) is 16.4 Å². The predicted molar refractivity (Wildman–Crippen MR) is 104 cm³/mol. The molecular formula is C23H27NO. The lowest BCUT2D eigenvalue weighted by molar-refractivity contribution is 0.0878. The molecule has 1 saturated carbocycles. The van der Waals surface area contributed by atoms with Gasteiger partial charge in [0.05, 0.1) is 0 Å². The fraction of sp³-hybridized carbons (Fsp3) is 0.391. The number of benzene rings is 2. The SMILES string of the molecule is Cc1c(C2CCC(c3ccccc3)(N(C)C)CC2)oc2ccccc12. The highest BCUT2D eigenvalue weighted by molar-refractivity contribution is 5.82. The Bertz CT molecular complexity index is 854. The molecule has 130 valence electrons. The van der Waals surface area contributed by atoms with Crippen LogP contribution in [0.3, 0.4) is 0 Å². The molecule has 0 atom stereocenters. The minimum Gasteiger partial charge on any atom is -0.460 e. The molecule has 4 rings (SSSR count). The first-order valence-corrected chi connectivity index (χ1v) is 9.33. The van der Waals surface area contributed by atoms with Crippen LogP contribution >= 0.6 is 0 Å². The highest BCUT2D eigenvalue weighted by Crippen LogP contribution is 2.47. The van der Waals surface area contributed by atoms with Crippen LogP contribution in [0.15, 0.2) is 59.0 Å². The Morgan fingerprint density at radius 3 is 2.20 bits per heavy atom. The molecule has 0 radical (unpaired) electrons. The Morgan fingerprint density at radius 1 is 0.920 bits per heavy atom. The molecule has 0 aliphatic heterocycles. The summed E-state index contributed by atoms with van der Waals surface area (Å²) in [6.07, 6.45) is 4.69. The van der Waals surface area contributed by atoms with E-state index in [1.54, 1.807) is 0 Å². The van der Waals surface area contributed by atoms with Crippen molar-refractivity contribution in [2.75, 3.05) is 14.1 Å². The molecule has 1 fully saturated rings. The Hall–Kier alpha value is -2.06. The Balaban J connectivity index is 1.62. The van der Waals surface area contributed by atoms with Crippen LogP contribution in [-0.4, -0.2) is 19.0 Å². The van der Waals surface area contributed by atoms with Crippen LogP contribution in [-0.2, 0) is 5.54 Å². The largest absolute Gasteiger partial charge is 0.460 e. The summed E-state index contributed by atoms with van der Waals surface area (Å²) in [6.45, 7) is 2.21. The summed E-state index contributed by atoms with van der Waals surface area (Å²) in [5, 5.41) is 1.27. The van der Waals surface area contributed by atoms with E-state index in [1.807, 2.05) is 0 Å². The standard InChI is InChI=1S/C23H27NO/c1-17-20-11-7-8-12-21(20)25-22(17)18-13-15-23(16-14-18,24(2)3)19-9-5-4-6-10-19/h4-12,18H,13-16H2,1-3H3. The Kier molecular flexibility index (Phi) is 4.16. The first kappa shape index (κ1) is 16.4. The van der Waals surface area contributed by atoms with Crippen molar-refractivity contribution in [1.29, 1.82) is 0 Å². The van der Waals surface area contributed by atoms with E-state index in [-0.39, 0.29) is 5.54 Å². The van der Waals surface area contributed by atoms with Gasteiger partial charge in [-0.05, 0) is 63.9 Å². The van der Waals surface area contributed by atoms with E-state index in [0.29, 0.717) is 5.92 Å². The zero-order valence-electron chi connectivity index (χ0n) is 15.5. The van der Waals surface area contributed by atoms with Gasteiger partial charge < -0.3 is 4.42 Å². The van der Waals surface area contributed by atoms with Crippen molar-refractivity contribution in [3.63, 3.8) is 0 Å². The summed E-state index contributed by atoms with van der Waals surface area (Å²) in [5.41, 5.74) is 3.96. The molecule has 0 unspecified atom stereocenters. The number of hydrogen-bond acceptors (Lipinski definition) is 2. The second-order valence-electron chi connectivity index (χ2n) is 7.65. The van der Waals surface area contributed by atoms with E-state index in [2.05, 4.69) is 80.5 Å². The summed E-state index contributed by atoms with van der Waals surface area (Å²) in [6, 6.07) is 19.4. The van der Waals surface area contributed by atoms with Crippen molar-refractivity contribution in [3.05, 3.63) is 71.5 Å². The molecule has 0 bridgehead atoms. The lowest BCUT2D eigenvalue weighted by atomic mass is 9.71. The highest BCUT2D eigenvalue weighted by Gasteiger charge is 2.40. The third-order valence-electron chi connectivity index (χ3n) is 6.23. The monoisotopic (exact) mass is 333 g/mol. The van der Waals surface area contributed by atoms with Crippen LogP contribution in [0.2, 0.25) is 0 Å². The zero-order valence-corrected chi connectivity index (χ0v) is 15.5. The molecule has 2 heteroatoms. The quantitative estimate of drug-likeness (QED) is 0.597. The second kappa shape index (κ2) is 6.34. The van der Waals surface area contributed by atoms with Gasteiger partial charge in [0.25, 0.3) is 0 Å². The molecule has 25 heavy (non-hydrogen) atoms. The first-order valence-electron chi connectivity index (χ1n) is 9.33. The van der Waals surface area contributed by atoms with Gasteiger partial charge in [0, 0.05) is 16.8 Å². The molecule has 0 saturated heterocycles. The van der Waals surface area contributed by atoms with Crippen LogP contribution in [0, 0.1) is 6.92 Å². The predicted octanol–water partition coefficient (Wildman–Crippen LogP) is 5.86. The van der Waals surface area contributed by atoms with Crippen LogP contribution < -0.4 is 0 Å². The van der Waals surface area contributed by atoms with Crippen molar-refractivity contribution in [1.82, 2.24) is 4.90 Å². The van der Waals surface area contributed by atoms with Gasteiger partial charge in [0.15, 0.2) is 0 Å². The summed E-state index contributed by atoms with van der Waals surface area (Å²) in [7, 11) is 4.44.